The topological polar surface area (TPSA) is 132 Å². The molecule has 11 heteroatoms. The maximum atomic E-state index is 12.9. The smallest absolute Gasteiger partial charge is 0.280 e. The summed E-state index contributed by atoms with van der Waals surface area (Å²) in [6, 6.07) is 20.9. The number of hydrogen-bond donors (Lipinski definition) is 2. The Morgan fingerprint density at radius 1 is 0.925 bits per heavy atom. The Labute approximate surface area is 234 Å². The number of nitrogens with zero attached hydrogens (tertiary/aromatic N) is 3. The fourth-order valence-corrected chi connectivity index (χ4v) is 5.37. The number of H-pyrrole nitrogens is 1. The van der Waals surface area contributed by atoms with Crippen molar-refractivity contribution in [3.05, 3.63) is 94.4 Å². The van der Waals surface area contributed by atoms with Crippen LogP contribution in [0.1, 0.15) is 25.1 Å². The van der Waals surface area contributed by atoms with Gasteiger partial charge in [0.1, 0.15) is 17.2 Å². The number of hydrogen-bond acceptors (Lipinski definition) is 7. The first-order chi connectivity index (χ1) is 19.2. The van der Waals surface area contributed by atoms with Crippen LogP contribution in [0.2, 0.25) is 0 Å². The lowest BCUT2D eigenvalue weighted by Crippen LogP contribution is -2.30. The number of benzene rings is 3. The number of para-hydroxylation sites is 4. The van der Waals surface area contributed by atoms with Crippen LogP contribution in [0.5, 0.6) is 11.5 Å². The predicted molar refractivity (Wildman–Crippen MR) is 159 cm³/mol. The number of methoxy groups -OCH3 is 2. The normalized spacial score (nSPS) is 11.3. The van der Waals surface area contributed by atoms with Crippen molar-refractivity contribution in [3.63, 3.8) is 0 Å². The van der Waals surface area contributed by atoms with Crippen molar-refractivity contribution in [3.8, 4) is 17.2 Å². The number of nitrogens with two attached hydrogens (primary N) is 1. The van der Waals surface area contributed by atoms with E-state index in [4.69, 9.17) is 15.2 Å². The van der Waals surface area contributed by atoms with Crippen LogP contribution in [0.15, 0.2) is 87.5 Å². The molecular formula is C29H35N5O5S. The molecule has 0 spiro atoms. The van der Waals surface area contributed by atoms with Crippen molar-refractivity contribution in [1.82, 2.24) is 14.1 Å². The van der Waals surface area contributed by atoms with Crippen LogP contribution in [0, 0.1) is 6.92 Å². The molecule has 1 aromatic heterocycles. The molecule has 0 aliphatic carbocycles. The van der Waals surface area contributed by atoms with Gasteiger partial charge in [-0.3, -0.25) is 14.9 Å². The van der Waals surface area contributed by atoms with Crippen LogP contribution in [0.3, 0.4) is 0 Å². The van der Waals surface area contributed by atoms with E-state index in [0.717, 1.165) is 5.75 Å². The zero-order valence-electron chi connectivity index (χ0n) is 23.3. The van der Waals surface area contributed by atoms with E-state index in [-0.39, 0.29) is 10.5 Å². The van der Waals surface area contributed by atoms with E-state index in [2.05, 4.69) is 10.1 Å². The number of nitrogens with one attached hydrogen (secondary N) is 1. The largest absolute Gasteiger partial charge is 0.495 e. The van der Waals surface area contributed by atoms with Gasteiger partial charge in [-0.05, 0) is 55.5 Å². The summed E-state index contributed by atoms with van der Waals surface area (Å²) in [4.78, 5) is 17.5. The van der Waals surface area contributed by atoms with Crippen LogP contribution in [0.4, 0.5) is 11.4 Å². The lowest BCUT2D eigenvalue weighted by Gasteiger charge is -2.18. The zero-order chi connectivity index (χ0) is 29.3. The maximum absolute atomic E-state index is 12.9. The van der Waals surface area contributed by atoms with E-state index < -0.39 is 10.0 Å². The second kappa shape index (κ2) is 13.6. The monoisotopic (exact) mass is 565 g/mol. The second-order valence-corrected chi connectivity index (χ2v) is 10.5. The van der Waals surface area contributed by atoms with Crippen molar-refractivity contribution in [1.29, 1.82) is 0 Å². The van der Waals surface area contributed by atoms with E-state index in [0.29, 0.717) is 47.2 Å². The van der Waals surface area contributed by atoms with E-state index >= 15 is 0 Å². The second-order valence-electron chi connectivity index (χ2n) is 8.55. The fraction of sp³-hybridized carbons (Fsp3) is 0.241. The average molecular weight is 566 g/mol. The number of aryl methyl sites for hydroxylation is 1. The molecule has 0 atom stereocenters. The van der Waals surface area contributed by atoms with Crippen molar-refractivity contribution in [2.45, 2.75) is 25.7 Å². The van der Waals surface area contributed by atoms with Gasteiger partial charge in [0, 0.05) is 25.0 Å². The van der Waals surface area contributed by atoms with E-state index in [1.807, 2.05) is 30.3 Å². The number of aliphatic imine (C=N–C) groups is 1. The third kappa shape index (κ3) is 6.80. The molecule has 3 aromatic carbocycles. The molecule has 0 bridgehead atoms. The minimum atomic E-state index is -3.56. The van der Waals surface area contributed by atoms with Crippen LogP contribution >= 0.6 is 0 Å². The Bertz CT molecular complexity index is 1600. The molecule has 0 saturated carbocycles. The highest BCUT2D eigenvalue weighted by molar-refractivity contribution is 7.89. The molecule has 10 nitrogen and oxygen atoms in total. The van der Waals surface area contributed by atoms with Gasteiger partial charge in [0.25, 0.3) is 5.56 Å². The molecule has 0 unspecified atom stereocenters. The Balaban J connectivity index is 0.000000415. The molecule has 40 heavy (non-hydrogen) atoms. The van der Waals surface area contributed by atoms with Crippen molar-refractivity contribution in [2.75, 3.05) is 33.0 Å². The van der Waals surface area contributed by atoms with E-state index in [9.17, 15) is 13.2 Å². The van der Waals surface area contributed by atoms with E-state index in [1.54, 1.807) is 65.3 Å². The third-order valence-electron chi connectivity index (χ3n) is 6.11. The Hall–Kier alpha value is -4.35. The summed E-state index contributed by atoms with van der Waals surface area (Å²) in [6.45, 7) is 6.16. The van der Waals surface area contributed by atoms with Gasteiger partial charge in [0.05, 0.1) is 36.1 Å². The highest BCUT2D eigenvalue weighted by Crippen LogP contribution is 2.26. The highest BCUT2D eigenvalue weighted by Gasteiger charge is 2.21. The van der Waals surface area contributed by atoms with Crippen LogP contribution in [-0.2, 0) is 10.0 Å². The number of aromatic amines is 1. The van der Waals surface area contributed by atoms with Gasteiger partial charge in [0.15, 0.2) is 0 Å². The fourth-order valence-electron chi connectivity index (χ4n) is 3.91. The van der Waals surface area contributed by atoms with Gasteiger partial charge < -0.3 is 15.2 Å². The predicted octanol–water partition coefficient (Wildman–Crippen LogP) is 4.54. The summed E-state index contributed by atoms with van der Waals surface area (Å²) < 4.78 is 38.3. The Kier molecular flexibility index (Phi) is 10.3. The van der Waals surface area contributed by atoms with Crippen LogP contribution in [-0.4, -0.2) is 56.0 Å². The van der Waals surface area contributed by atoms with Gasteiger partial charge in [-0.25, -0.2) is 13.1 Å². The summed E-state index contributed by atoms with van der Waals surface area (Å²) in [5, 5.41) is 3.02. The molecule has 0 fully saturated rings. The molecule has 4 rings (SSSR count). The first-order valence-electron chi connectivity index (χ1n) is 12.7. The molecule has 0 amide bonds. The molecule has 0 aliphatic rings. The van der Waals surface area contributed by atoms with Crippen molar-refractivity contribution in [2.24, 2.45) is 4.99 Å². The number of nitrogen functional groups attached to an aromatic ring is 1. The number of aromatic nitrogens is 2. The lowest BCUT2D eigenvalue weighted by atomic mass is 10.2. The standard InChI is InChI=1S/C22H26N4O4S.C7H9NO/c1-5-25(6-2)31(28,29)18-13-11-17(12-14-18)26-22(27)19(16(3)24-26)15-23-20-9-7-8-10-21(20)30-4;1-9-7-5-3-2-4-6(7)8/h7-15,24H,5-6H2,1-4H3;2-5H,8H2,1H3. The zero-order valence-corrected chi connectivity index (χ0v) is 24.1. The first kappa shape index (κ1) is 30.2. The number of anilines is 1. The molecule has 212 valence electrons. The average Bonchev–Trinajstić information content (AvgIpc) is 3.25. The van der Waals surface area contributed by atoms with E-state index in [1.165, 1.54) is 27.3 Å². The molecule has 4 aromatic rings. The Morgan fingerprint density at radius 3 is 2.05 bits per heavy atom. The van der Waals surface area contributed by atoms with Gasteiger partial charge in [-0.15, -0.1) is 0 Å². The maximum Gasteiger partial charge on any atom is 0.280 e. The van der Waals surface area contributed by atoms with Crippen LogP contribution in [0.25, 0.3) is 5.69 Å². The minimum absolute atomic E-state index is 0.189. The summed E-state index contributed by atoms with van der Waals surface area (Å²) in [6.07, 6.45) is 1.50. The molecular weight excluding hydrogens is 530 g/mol. The molecule has 1 heterocycles. The van der Waals surface area contributed by atoms with Crippen LogP contribution < -0.4 is 20.8 Å². The molecule has 0 aliphatic heterocycles. The quantitative estimate of drug-likeness (QED) is 0.226. The van der Waals surface area contributed by atoms with Crippen molar-refractivity contribution >= 4 is 27.6 Å². The summed E-state index contributed by atoms with van der Waals surface area (Å²) in [5.74, 6) is 1.34. The van der Waals surface area contributed by atoms with Gasteiger partial charge in [-0.2, -0.15) is 4.31 Å². The molecule has 0 saturated heterocycles. The third-order valence-corrected chi connectivity index (χ3v) is 8.18. The van der Waals surface area contributed by atoms with Gasteiger partial charge in [-0.1, -0.05) is 38.1 Å². The summed E-state index contributed by atoms with van der Waals surface area (Å²) in [5.41, 5.74) is 8.10. The first-order valence-corrected chi connectivity index (χ1v) is 14.1. The number of sulfonamides is 1. The Morgan fingerprint density at radius 2 is 1.50 bits per heavy atom. The van der Waals surface area contributed by atoms with Gasteiger partial charge in [0.2, 0.25) is 10.0 Å². The highest BCUT2D eigenvalue weighted by atomic mass is 32.2. The number of rotatable bonds is 9. The van der Waals surface area contributed by atoms with Gasteiger partial charge >= 0.3 is 0 Å². The number of ether oxygens (including phenoxy) is 2. The summed E-state index contributed by atoms with van der Waals surface area (Å²) >= 11 is 0. The minimum Gasteiger partial charge on any atom is -0.495 e. The van der Waals surface area contributed by atoms with Crippen molar-refractivity contribution < 1.29 is 17.9 Å². The molecule has 0 radical (unpaired) electrons. The summed E-state index contributed by atoms with van der Waals surface area (Å²) in [7, 11) is -0.391. The lowest BCUT2D eigenvalue weighted by molar-refractivity contribution is 0.416. The SMILES string of the molecule is CCN(CC)S(=O)(=O)c1ccc(-n2[nH]c(C)c(C=Nc3ccccc3OC)c2=O)cc1.COc1ccccc1N. The molecule has 3 N–H and O–H groups in total.